The summed E-state index contributed by atoms with van der Waals surface area (Å²) in [6.45, 7) is 13.9. The quantitative estimate of drug-likeness (QED) is 0.474. The van der Waals surface area contributed by atoms with Crippen molar-refractivity contribution in [3.05, 3.63) is 12.7 Å². The molecule has 0 amide bonds. The molecule has 1 unspecified atom stereocenters. The maximum absolute atomic E-state index is 3.69. The van der Waals surface area contributed by atoms with Crippen LogP contribution in [0, 0.1) is 5.92 Å². The van der Waals surface area contributed by atoms with Gasteiger partial charge in [0.25, 0.3) is 0 Å². The molecule has 14 heavy (non-hydrogen) atoms. The average molecular weight is 197 g/mol. The molecule has 0 aromatic rings. The Morgan fingerprint density at radius 3 is 2.86 bits per heavy atom. The molecule has 0 saturated carbocycles. The highest BCUT2D eigenvalue weighted by molar-refractivity contribution is 4.73. The molecular weight excluding hydrogens is 174 g/mol. The van der Waals surface area contributed by atoms with E-state index in [1.54, 1.807) is 0 Å². The van der Waals surface area contributed by atoms with Crippen molar-refractivity contribution in [3.63, 3.8) is 0 Å². The molecule has 1 fully saturated rings. The SMILES string of the molecule is C=CCNCC(C)CN1CCNCC1. The van der Waals surface area contributed by atoms with Crippen molar-refractivity contribution in [2.45, 2.75) is 6.92 Å². The van der Waals surface area contributed by atoms with Crippen molar-refractivity contribution in [3.8, 4) is 0 Å². The third-order valence-electron chi connectivity index (χ3n) is 2.56. The summed E-state index contributed by atoms with van der Waals surface area (Å²) >= 11 is 0. The van der Waals surface area contributed by atoms with Gasteiger partial charge in [-0.3, -0.25) is 0 Å². The maximum atomic E-state index is 3.69. The van der Waals surface area contributed by atoms with Crippen molar-refractivity contribution < 1.29 is 0 Å². The summed E-state index contributed by atoms with van der Waals surface area (Å²) < 4.78 is 0. The van der Waals surface area contributed by atoms with Crippen molar-refractivity contribution in [2.75, 3.05) is 45.8 Å². The third-order valence-corrected chi connectivity index (χ3v) is 2.56. The molecule has 3 heteroatoms. The van der Waals surface area contributed by atoms with Crippen molar-refractivity contribution in [1.82, 2.24) is 15.5 Å². The van der Waals surface area contributed by atoms with E-state index in [0.717, 1.165) is 32.1 Å². The molecule has 3 nitrogen and oxygen atoms in total. The van der Waals surface area contributed by atoms with Gasteiger partial charge in [-0.25, -0.2) is 0 Å². The molecule has 0 spiro atoms. The summed E-state index contributed by atoms with van der Waals surface area (Å²) in [5.74, 6) is 0.730. The van der Waals surface area contributed by atoms with Gasteiger partial charge < -0.3 is 15.5 Å². The van der Waals surface area contributed by atoms with Crippen LogP contribution in [0.15, 0.2) is 12.7 Å². The predicted octanol–water partition coefficient (Wildman–Crippen LogP) is 0.303. The molecule has 2 N–H and O–H groups in total. The van der Waals surface area contributed by atoms with Crippen molar-refractivity contribution in [2.24, 2.45) is 5.92 Å². The van der Waals surface area contributed by atoms with Crippen LogP contribution in [0.5, 0.6) is 0 Å². The summed E-state index contributed by atoms with van der Waals surface area (Å²) in [6.07, 6.45) is 1.91. The summed E-state index contributed by atoms with van der Waals surface area (Å²) in [4.78, 5) is 2.54. The standard InChI is InChI=1S/C11H23N3/c1-3-4-13-9-11(2)10-14-7-5-12-6-8-14/h3,11-13H,1,4-10H2,2H3. The predicted molar refractivity (Wildman–Crippen MR) is 61.5 cm³/mol. The molecule has 1 atom stereocenters. The first-order chi connectivity index (χ1) is 6.83. The first kappa shape index (κ1) is 11.7. The van der Waals surface area contributed by atoms with Crippen LogP contribution in [0.2, 0.25) is 0 Å². The lowest BCUT2D eigenvalue weighted by Crippen LogP contribution is -2.46. The van der Waals surface area contributed by atoms with Crippen LogP contribution in [-0.4, -0.2) is 50.7 Å². The minimum Gasteiger partial charge on any atom is -0.314 e. The fourth-order valence-corrected chi connectivity index (χ4v) is 1.83. The zero-order valence-electron chi connectivity index (χ0n) is 9.26. The molecule has 1 aliphatic rings. The second kappa shape index (κ2) is 6.98. The summed E-state index contributed by atoms with van der Waals surface area (Å²) in [7, 11) is 0. The topological polar surface area (TPSA) is 27.3 Å². The highest BCUT2D eigenvalue weighted by Crippen LogP contribution is 2.00. The minimum atomic E-state index is 0.730. The smallest absolute Gasteiger partial charge is 0.0132 e. The van der Waals surface area contributed by atoms with Crippen LogP contribution in [0.1, 0.15) is 6.92 Å². The molecule has 1 rings (SSSR count). The van der Waals surface area contributed by atoms with E-state index in [1.807, 2.05) is 6.08 Å². The lowest BCUT2D eigenvalue weighted by molar-refractivity contribution is 0.210. The van der Waals surface area contributed by atoms with Gasteiger partial charge in [0, 0.05) is 39.3 Å². The zero-order valence-corrected chi connectivity index (χ0v) is 9.26. The van der Waals surface area contributed by atoms with Crippen LogP contribution in [0.4, 0.5) is 0 Å². The summed E-state index contributed by atoms with van der Waals surface area (Å²) in [6, 6.07) is 0. The van der Waals surface area contributed by atoms with E-state index in [1.165, 1.54) is 19.6 Å². The molecule has 0 aromatic carbocycles. The van der Waals surface area contributed by atoms with Gasteiger partial charge in [-0.2, -0.15) is 0 Å². The summed E-state index contributed by atoms with van der Waals surface area (Å²) in [5.41, 5.74) is 0. The Balaban J connectivity index is 2.05. The Bertz CT molecular complexity index is 153. The van der Waals surface area contributed by atoms with Gasteiger partial charge in [0.05, 0.1) is 0 Å². The van der Waals surface area contributed by atoms with Gasteiger partial charge in [0.1, 0.15) is 0 Å². The van der Waals surface area contributed by atoms with E-state index in [9.17, 15) is 0 Å². The van der Waals surface area contributed by atoms with Gasteiger partial charge in [-0.15, -0.1) is 6.58 Å². The molecular formula is C11H23N3. The monoisotopic (exact) mass is 197 g/mol. The van der Waals surface area contributed by atoms with Gasteiger partial charge in [-0.05, 0) is 12.5 Å². The van der Waals surface area contributed by atoms with Crippen LogP contribution in [0.25, 0.3) is 0 Å². The molecule has 1 aliphatic heterocycles. The third kappa shape index (κ3) is 4.74. The average Bonchev–Trinajstić information content (AvgIpc) is 2.20. The lowest BCUT2D eigenvalue weighted by Gasteiger charge is -2.29. The molecule has 0 radical (unpaired) electrons. The number of piperazine rings is 1. The Morgan fingerprint density at radius 2 is 2.21 bits per heavy atom. The second-order valence-corrected chi connectivity index (χ2v) is 4.10. The van der Waals surface area contributed by atoms with Crippen LogP contribution in [-0.2, 0) is 0 Å². The van der Waals surface area contributed by atoms with E-state index < -0.39 is 0 Å². The normalized spacial score (nSPS) is 20.6. The number of hydrogen-bond acceptors (Lipinski definition) is 3. The first-order valence-corrected chi connectivity index (χ1v) is 5.57. The second-order valence-electron chi connectivity index (χ2n) is 4.10. The molecule has 0 aliphatic carbocycles. The highest BCUT2D eigenvalue weighted by atomic mass is 15.2. The van der Waals surface area contributed by atoms with Crippen LogP contribution in [0.3, 0.4) is 0 Å². The van der Waals surface area contributed by atoms with E-state index in [4.69, 9.17) is 0 Å². The van der Waals surface area contributed by atoms with Gasteiger partial charge in [0.2, 0.25) is 0 Å². The minimum absolute atomic E-state index is 0.730. The van der Waals surface area contributed by atoms with E-state index >= 15 is 0 Å². The van der Waals surface area contributed by atoms with Crippen LogP contribution >= 0.6 is 0 Å². The largest absolute Gasteiger partial charge is 0.314 e. The zero-order chi connectivity index (χ0) is 10.2. The number of nitrogens with one attached hydrogen (secondary N) is 2. The fraction of sp³-hybridized carbons (Fsp3) is 0.818. The maximum Gasteiger partial charge on any atom is 0.0132 e. The fourth-order valence-electron chi connectivity index (χ4n) is 1.83. The van der Waals surface area contributed by atoms with Crippen LogP contribution < -0.4 is 10.6 Å². The molecule has 0 aromatic heterocycles. The highest BCUT2D eigenvalue weighted by Gasteiger charge is 2.12. The Kier molecular flexibility index (Phi) is 5.83. The summed E-state index contributed by atoms with van der Waals surface area (Å²) in [5, 5.41) is 6.73. The van der Waals surface area contributed by atoms with Crippen molar-refractivity contribution in [1.29, 1.82) is 0 Å². The Morgan fingerprint density at radius 1 is 1.50 bits per heavy atom. The Labute approximate surface area is 87.6 Å². The van der Waals surface area contributed by atoms with E-state index in [0.29, 0.717) is 0 Å². The molecule has 1 heterocycles. The molecule has 1 saturated heterocycles. The first-order valence-electron chi connectivity index (χ1n) is 5.57. The van der Waals surface area contributed by atoms with Gasteiger partial charge in [0.15, 0.2) is 0 Å². The number of rotatable bonds is 6. The Hall–Kier alpha value is -0.380. The number of nitrogens with zero attached hydrogens (tertiary/aromatic N) is 1. The molecule has 82 valence electrons. The molecule has 0 bridgehead atoms. The van der Waals surface area contributed by atoms with Crippen molar-refractivity contribution >= 4 is 0 Å². The van der Waals surface area contributed by atoms with E-state index in [-0.39, 0.29) is 0 Å². The van der Waals surface area contributed by atoms with Gasteiger partial charge in [-0.1, -0.05) is 13.0 Å². The number of hydrogen-bond donors (Lipinski definition) is 2. The van der Waals surface area contributed by atoms with E-state index in [2.05, 4.69) is 29.0 Å². The van der Waals surface area contributed by atoms with Gasteiger partial charge >= 0.3 is 0 Å². The lowest BCUT2D eigenvalue weighted by atomic mass is 10.1.